The van der Waals surface area contributed by atoms with E-state index in [1.54, 1.807) is 38.4 Å². The molecule has 4 heterocycles. The van der Waals surface area contributed by atoms with Crippen molar-refractivity contribution in [2.24, 2.45) is 22.1 Å². The topological polar surface area (TPSA) is 132 Å². The normalized spacial score (nSPS) is 32.5. The molecular formula is C42H51ClN4O7S. The molecule has 2 N–H and O–H groups in total. The van der Waals surface area contributed by atoms with E-state index in [9.17, 15) is 14.7 Å². The molecule has 3 aromatic rings. The summed E-state index contributed by atoms with van der Waals surface area (Å²) in [6, 6.07) is 13.2. The molecule has 294 valence electrons. The van der Waals surface area contributed by atoms with Crippen molar-refractivity contribution in [3.63, 3.8) is 0 Å². The second-order valence-electron chi connectivity index (χ2n) is 16.3. The zero-order valence-corrected chi connectivity index (χ0v) is 33.3. The zero-order chi connectivity index (χ0) is 38.5. The van der Waals surface area contributed by atoms with Crippen LogP contribution in [0.1, 0.15) is 83.5 Å². The Morgan fingerprint density at radius 2 is 2.02 bits per heavy atom. The summed E-state index contributed by atoms with van der Waals surface area (Å²) in [6.07, 6.45) is 10.0. The van der Waals surface area contributed by atoms with Crippen LogP contribution in [0.3, 0.4) is 0 Å². The van der Waals surface area contributed by atoms with E-state index in [4.69, 9.17) is 25.8 Å². The lowest BCUT2D eigenvalue weighted by Gasteiger charge is -2.45. The third-order valence-corrected chi connectivity index (χ3v) is 15.3. The van der Waals surface area contributed by atoms with Crippen molar-refractivity contribution in [2.45, 2.75) is 88.4 Å². The summed E-state index contributed by atoms with van der Waals surface area (Å²) >= 11 is 6.46. The van der Waals surface area contributed by atoms with E-state index in [1.807, 2.05) is 35.8 Å². The number of anilines is 1. The molecule has 13 heteroatoms. The minimum atomic E-state index is -3.67. The largest absolute Gasteiger partial charge is 0.490 e. The van der Waals surface area contributed by atoms with Gasteiger partial charge in [0, 0.05) is 48.1 Å². The van der Waals surface area contributed by atoms with Gasteiger partial charge >= 0.3 is 0 Å². The first-order chi connectivity index (χ1) is 26.4. The molecule has 11 nitrogen and oxygen atoms in total. The van der Waals surface area contributed by atoms with Crippen LogP contribution in [-0.2, 0) is 44.4 Å². The smallest absolute Gasteiger partial charge is 0.286 e. The van der Waals surface area contributed by atoms with Gasteiger partial charge in [0.1, 0.15) is 15.7 Å². The molecule has 1 spiro atoms. The van der Waals surface area contributed by atoms with Crippen LogP contribution in [0.4, 0.5) is 5.69 Å². The number of hydrogen-bond acceptors (Lipinski definition) is 8. The maximum Gasteiger partial charge on any atom is 0.286 e. The van der Waals surface area contributed by atoms with E-state index in [1.165, 1.54) is 11.1 Å². The number of ether oxygens (including phenoxy) is 3. The zero-order valence-electron chi connectivity index (χ0n) is 31.7. The first kappa shape index (κ1) is 38.2. The number of aliphatic hydroxyl groups is 1. The number of fused-ring (bicyclic) bond motifs is 5. The fourth-order valence-corrected chi connectivity index (χ4v) is 11.2. The van der Waals surface area contributed by atoms with Crippen molar-refractivity contribution in [1.82, 2.24) is 9.29 Å². The quantitative estimate of drug-likeness (QED) is 0.287. The summed E-state index contributed by atoms with van der Waals surface area (Å²) < 4.78 is 41.8. The summed E-state index contributed by atoms with van der Waals surface area (Å²) in [4.78, 5) is 30.4. The number of allylic oxidation sites excluding steroid dienone is 1. The highest BCUT2D eigenvalue weighted by atomic mass is 35.5. The van der Waals surface area contributed by atoms with Gasteiger partial charge in [-0.05, 0) is 111 Å². The van der Waals surface area contributed by atoms with E-state index in [0.29, 0.717) is 57.2 Å². The SMILES string of the molecule is COC[C@@H]1Cn2cc(C(=O)NS3(=O)=NC(=O)c4ccc5c(c4)N(C[C@@H]4CC[C@H]4[C@@H](O)/C=C\C[C@H](C)[C@H]3C)C[C@@]3(CCCc4cc(Cl)ccc43)CO5)cc2CO1. The van der Waals surface area contributed by atoms with Crippen LogP contribution in [0.2, 0.25) is 5.02 Å². The van der Waals surface area contributed by atoms with Gasteiger partial charge in [0.25, 0.3) is 11.8 Å². The number of amides is 2. The fourth-order valence-electron chi connectivity index (χ4n) is 9.18. The summed E-state index contributed by atoms with van der Waals surface area (Å²) in [5, 5.41) is 11.5. The number of rotatable bonds is 4. The monoisotopic (exact) mass is 790 g/mol. The highest BCUT2D eigenvalue weighted by Crippen LogP contribution is 2.47. The second-order valence-corrected chi connectivity index (χ2v) is 19.0. The molecule has 2 amide bonds. The predicted octanol–water partition coefficient (Wildman–Crippen LogP) is 6.48. The molecule has 55 heavy (non-hydrogen) atoms. The van der Waals surface area contributed by atoms with E-state index < -0.39 is 33.1 Å². The average molecular weight is 791 g/mol. The number of aliphatic hydroxyl groups excluding tert-OH is 1. The third-order valence-electron chi connectivity index (χ3n) is 12.7. The van der Waals surface area contributed by atoms with Gasteiger partial charge in [-0.15, -0.1) is 4.36 Å². The van der Waals surface area contributed by atoms with Gasteiger partial charge in [0.2, 0.25) is 0 Å². The number of halogens is 1. The fraction of sp³-hybridized carbons (Fsp3) is 0.524. The van der Waals surface area contributed by atoms with Crippen LogP contribution in [0.15, 0.2) is 65.2 Å². The first-order valence-corrected chi connectivity index (χ1v) is 21.5. The van der Waals surface area contributed by atoms with Crippen molar-refractivity contribution in [1.29, 1.82) is 0 Å². The number of methoxy groups -OCH3 is 1. The van der Waals surface area contributed by atoms with E-state index >= 15 is 4.21 Å². The van der Waals surface area contributed by atoms with E-state index in [0.717, 1.165) is 48.5 Å². The Bertz CT molecular complexity index is 2130. The summed E-state index contributed by atoms with van der Waals surface area (Å²) in [5.74, 6) is -0.500. The number of nitrogens with one attached hydrogen (secondary N) is 1. The molecule has 5 aliphatic rings. The lowest BCUT2D eigenvalue weighted by Crippen LogP contribution is -2.49. The first-order valence-electron chi connectivity index (χ1n) is 19.5. The number of aromatic nitrogens is 1. The van der Waals surface area contributed by atoms with Gasteiger partial charge in [-0.3, -0.25) is 14.3 Å². The predicted molar refractivity (Wildman–Crippen MR) is 212 cm³/mol. The third kappa shape index (κ3) is 7.48. The lowest BCUT2D eigenvalue weighted by molar-refractivity contribution is -0.0382. The molecule has 0 radical (unpaired) electrons. The molecular weight excluding hydrogens is 740 g/mol. The van der Waals surface area contributed by atoms with Gasteiger partial charge in [0.05, 0.1) is 55.1 Å². The molecule has 2 bridgehead atoms. The van der Waals surface area contributed by atoms with Crippen LogP contribution in [0, 0.1) is 17.8 Å². The molecule has 1 fully saturated rings. The van der Waals surface area contributed by atoms with Gasteiger partial charge in [-0.1, -0.05) is 36.7 Å². The summed E-state index contributed by atoms with van der Waals surface area (Å²) in [5.41, 5.74) is 4.34. The van der Waals surface area contributed by atoms with Gasteiger partial charge in [-0.2, -0.15) is 0 Å². The van der Waals surface area contributed by atoms with Crippen LogP contribution >= 0.6 is 11.6 Å². The van der Waals surface area contributed by atoms with Gasteiger partial charge < -0.3 is 28.8 Å². The van der Waals surface area contributed by atoms with Gasteiger partial charge in [-0.25, -0.2) is 4.21 Å². The number of aryl methyl sites for hydroxylation is 1. The molecule has 2 aromatic carbocycles. The van der Waals surface area contributed by atoms with Crippen LogP contribution in [0.25, 0.3) is 0 Å². The van der Waals surface area contributed by atoms with Crippen LogP contribution in [0.5, 0.6) is 5.75 Å². The number of nitrogens with zero attached hydrogens (tertiary/aromatic N) is 3. The highest BCUT2D eigenvalue weighted by molar-refractivity contribution is 7.93. The maximum atomic E-state index is 15.0. The Labute approximate surface area is 328 Å². The second kappa shape index (κ2) is 15.3. The Morgan fingerprint density at radius 1 is 1.16 bits per heavy atom. The molecule has 1 unspecified atom stereocenters. The van der Waals surface area contributed by atoms with E-state index in [-0.39, 0.29) is 34.8 Å². The molecule has 3 aliphatic heterocycles. The standard InChI is InChI=1S/C42H51ClN4O7S/c1-26-6-4-8-38(48)35-12-9-30(35)19-47-24-42(15-5-7-28-16-32(43)11-13-36(28)42)25-54-39-14-10-29(18-37(39)47)40(49)44-55(51,27(26)2)45-41(50)31-17-33-22-53-34(23-52-3)21-46(33)20-31/h4,8,10-11,13-14,16-18,20,26-27,30,34-35,38,48H,5-7,9,12,15,19,21-25H2,1-3H3,(H,44,45,49,50,51)/b8-4-/t26-,27+,30-,34-,35+,38-,42-,55?/m0/s1. The Kier molecular flexibility index (Phi) is 10.7. The number of hydrogen-bond donors (Lipinski definition) is 2. The molecule has 0 saturated heterocycles. The Balaban J connectivity index is 1.17. The summed E-state index contributed by atoms with van der Waals surface area (Å²) in [6.45, 7) is 6.76. The highest BCUT2D eigenvalue weighted by Gasteiger charge is 2.44. The lowest BCUT2D eigenvalue weighted by atomic mass is 9.68. The molecule has 1 aromatic heterocycles. The summed E-state index contributed by atoms with van der Waals surface area (Å²) in [7, 11) is -2.05. The number of carbonyl (C=O) groups is 2. The van der Waals surface area contributed by atoms with Crippen LogP contribution in [-0.4, -0.2) is 76.6 Å². The van der Waals surface area contributed by atoms with Crippen LogP contribution < -0.4 is 14.4 Å². The van der Waals surface area contributed by atoms with Crippen molar-refractivity contribution >= 4 is 39.0 Å². The molecule has 8 rings (SSSR count). The Hall–Kier alpha value is -3.68. The average Bonchev–Trinajstić information content (AvgIpc) is 3.52. The van der Waals surface area contributed by atoms with Crippen molar-refractivity contribution in [3.8, 4) is 5.75 Å². The maximum absolute atomic E-state index is 15.0. The van der Waals surface area contributed by atoms with Crippen molar-refractivity contribution in [2.75, 3.05) is 38.3 Å². The van der Waals surface area contributed by atoms with Gasteiger partial charge in [0.15, 0.2) is 0 Å². The van der Waals surface area contributed by atoms with Crippen molar-refractivity contribution < 1.29 is 33.1 Å². The Morgan fingerprint density at radius 3 is 2.82 bits per heavy atom. The number of benzene rings is 2. The minimum absolute atomic E-state index is 0.0876. The molecule has 2 aliphatic carbocycles. The molecule has 8 atom stereocenters. The van der Waals surface area contributed by atoms with E-state index in [2.05, 4.69) is 26.1 Å². The molecule has 1 saturated carbocycles. The number of carbonyl (C=O) groups excluding carboxylic acids is 2. The minimum Gasteiger partial charge on any atom is -0.490 e. The van der Waals surface area contributed by atoms with Crippen molar-refractivity contribution in [3.05, 3.63) is 93.8 Å².